The molecular formula is C21H26ClN3O3. The van der Waals surface area contributed by atoms with Gasteiger partial charge < -0.3 is 20.3 Å². The predicted molar refractivity (Wildman–Crippen MR) is 110 cm³/mol. The van der Waals surface area contributed by atoms with E-state index in [2.05, 4.69) is 4.90 Å². The Bertz CT molecular complexity index is 794. The Labute approximate surface area is 170 Å². The number of benzene rings is 2. The molecule has 0 heterocycles. The molecule has 0 aromatic heterocycles. The van der Waals surface area contributed by atoms with E-state index in [1.807, 2.05) is 38.4 Å². The van der Waals surface area contributed by atoms with Gasteiger partial charge in [0.25, 0.3) is 5.91 Å². The van der Waals surface area contributed by atoms with Gasteiger partial charge in [-0.1, -0.05) is 29.8 Å². The van der Waals surface area contributed by atoms with Gasteiger partial charge in [-0.3, -0.25) is 9.59 Å². The Kier molecular flexibility index (Phi) is 8.29. The Morgan fingerprint density at radius 3 is 2.39 bits per heavy atom. The number of nitrogens with two attached hydrogens (primary N) is 1. The van der Waals surface area contributed by atoms with Gasteiger partial charge >= 0.3 is 0 Å². The van der Waals surface area contributed by atoms with E-state index in [1.54, 1.807) is 24.3 Å². The van der Waals surface area contributed by atoms with E-state index in [4.69, 9.17) is 22.1 Å². The number of carbonyl (C=O) groups is 2. The summed E-state index contributed by atoms with van der Waals surface area (Å²) in [5.41, 5.74) is 6.62. The van der Waals surface area contributed by atoms with Crippen LogP contribution in [0, 0.1) is 0 Å². The van der Waals surface area contributed by atoms with Crippen LogP contribution in [0.25, 0.3) is 0 Å². The molecule has 0 saturated carbocycles. The zero-order valence-corrected chi connectivity index (χ0v) is 17.0. The second kappa shape index (κ2) is 10.7. The molecule has 7 heteroatoms. The van der Waals surface area contributed by atoms with E-state index in [0.717, 1.165) is 18.5 Å². The molecule has 0 aliphatic rings. The molecule has 0 atom stereocenters. The lowest BCUT2D eigenvalue weighted by molar-refractivity contribution is -0.118. The van der Waals surface area contributed by atoms with Gasteiger partial charge in [-0.2, -0.15) is 0 Å². The minimum Gasteiger partial charge on any atom is -0.493 e. The van der Waals surface area contributed by atoms with Crippen LogP contribution in [-0.4, -0.2) is 55.4 Å². The highest BCUT2D eigenvalue weighted by Gasteiger charge is 2.19. The highest BCUT2D eigenvalue weighted by Crippen LogP contribution is 2.21. The molecule has 0 spiro atoms. The van der Waals surface area contributed by atoms with Gasteiger partial charge in [-0.15, -0.1) is 0 Å². The van der Waals surface area contributed by atoms with Crippen molar-refractivity contribution in [1.82, 2.24) is 9.80 Å². The lowest BCUT2D eigenvalue weighted by atomic mass is 10.1. The quantitative estimate of drug-likeness (QED) is 0.619. The van der Waals surface area contributed by atoms with Crippen LogP contribution in [0.15, 0.2) is 48.5 Å². The maximum absolute atomic E-state index is 12.9. The summed E-state index contributed by atoms with van der Waals surface area (Å²) in [7, 11) is 4.02. The van der Waals surface area contributed by atoms with E-state index in [9.17, 15) is 9.59 Å². The number of rotatable bonds is 10. The molecule has 0 unspecified atom stereocenters. The third-order valence-electron chi connectivity index (χ3n) is 4.07. The van der Waals surface area contributed by atoms with Crippen LogP contribution in [0.1, 0.15) is 22.3 Å². The van der Waals surface area contributed by atoms with E-state index < -0.39 is 5.91 Å². The molecule has 2 amide bonds. The molecule has 2 aromatic carbocycles. The summed E-state index contributed by atoms with van der Waals surface area (Å²) in [6.07, 6.45) is 0.885. The van der Waals surface area contributed by atoms with Crippen LogP contribution >= 0.6 is 11.6 Å². The standard InChI is InChI=1S/C21H26ClN3O3/c1-24(2)12-5-13-28-19-7-4-3-6-17(19)14-25(15-20(23)26)21(27)16-8-10-18(22)11-9-16/h3-4,6-11H,5,12-15H2,1-2H3,(H2,23,26). The predicted octanol–water partition coefficient (Wildman–Crippen LogP) is 2.80. The fourth-order valence-corrected chi connectivity index (χ4v) is 2.83. The fraction of sp³-hybridized carbons (Fsp3) is 0.333. The first-order valence-corrected chi connectivity index (χ1v) is 9.43. The zero-order chi connectivity index (χ0) is 20.5. The summed E-state index contributed by atoms with van der Waals surface area (Å²) in [6.45, 7) is 1.52. The molecule has 2 aromatic rings. The third-order valence-corrected chi connectivity index (χ3v) is 4.32. The van der Waals surface area contributed by atoms with Crippen LogP contribution in [-0.2, 0) is 11.3 Å². The van der Waals surface area contributed by atoms with E-state index >= 15 is 0 Å². The van der Waals surface area contributed by atoms with Crippen molar-refractivity contribution in [1.29, 1.82) is 0 Å². The van der Waals surface area contributed by atoms with Crippen molar-refractivity contribution in [2.75, 3.05) is 33.8 Å². The Morgan fingerprint density at radius 2 is 1.75 bits per heavy atom. The van der Waals surface area contributed by atoms with Crippen molar-refractivity contribution in [2.45, 2.75) is 13.0 Å². The first-order valence-electron chi connectivity index (χ1n) is 9.05. The molecule has 0 bridgehead atoms. The number of nitrogens with zero attached hydrogens (tertiary/aromatic N) is 2. The monoisotopic (exact) mass is 403 g/mol. The molecule has 0 saturated heterocycles. The number of hydrogen-bond acceptors (Lipinski definition) is 4. The SMILES string of the molecule is CN(C)CCCOc1ccccc1CN(CC(N)=O)C(=O)c1ccc(Cl)cc1. The molecular weight excluding hydrogens is 378 g/mol. The van der Waals surface area contributed by atoms with Crippen molar-refractivity contribution in [3.8, 4) is 5.75 Å². The van der Waals surface area contributed by atoms with Gasteiger partial charge in [0.2, 0.25) is 5.91 Å². The summed E-state index contributed by atoms with van der Waals surface area (Å²) in [5, 5.41) is 0.537. The van der Waals surface area contributed by atoms with Crippen molar-refractivity contribution >= 4 is 23.4 Å². The molecule has 0 radical (unpaired) electrons. The number of carbonyl (C=O) groups excluding carboxylic acids is 2. The summed E-state index contributed by atoms with van der Waals surface area (Å²) in [5.74, 6) is -0.177. The van der Waals surface area contributed by atoms with Gasteiger partial charge in [0.15, 0.2) is 0 Å². The van der Waals surface area contributed by atoms with E-state index in [-0.39, 0.29) is 19.0 Å². The van der Waals surface area contributed by atoms with Crippen LogP contribution in [0.3, 0.4) is 0 Å². The highest BCUT2D eigenvalue weighted by atomic mass is 35.5. The first-order chi connectivity index (χ1) is 13.4. The van der Waals surface area contributed by atoms with Crippen molar-refractivity contribution in [2.24, 2.45) is 5.73 Å². The maximum atomic E-state index is 12.9. The summed E-state index contributed by atoms with van der Waals surface area (Å²) >= 11 is 5.89. The minimum absolute atomic E-state index is 0.184. The lowest BCUT2D eigenvalue weighted by Crippen LogP contribution is -2.38. The second-order valence-electron chi connectivity index (χ2n) is 6.75. The molecule has 2 rings (SSSR count). The van der Waals surface area contributed by atoms with Crippen LogP contribution < -0.4 is 10.5 Å². The maximum Gasteiger partial charge on any atom is 0.254 e. The van der Waals surface area contributed by atoms with Crippen LogP contribution in [0.4, 0.5) is 0 Å². The molecule has 0 aliphatic heterocycles. The van der Waals surface area contributed by atoms with Crippen molar-refractivity contribution < 1.29 is 14.3 Å². The normalized spacial score (nSPS) is 10.7. The Hall–Kier alpha value is -2.57. The second-order valence-corrected chi connectivity index (χ2v) is 7.18. The van der Waals surface area contributed by atoms with Crippen molar-refractivity contribution in [3.63, 3.8) is 0 Å². The number of hydrogen-bond donors (Lipinski definition) is 1. The van der Waals surface area contributed by atoms with Gasteiger partial charge in [0.1, 0.15) is 5.75 Å². The van der Waals surface area contributed by atoms with Crippen LogP contribution in [0.2, 0.25) is 5.02 Å². The fourth-order valence-electron chi connectivity index (χ4n) is 2.71. The summed E-state index contributed by atoms with van der Waals surface area (Å²) < 4.78 is 5.90. The number of amides is 2. The van der Waals surface area contributed by atoms with Gasteiger partial charge in [0.05, 0.1) is 19.7 Å². The Balaban J connectivity index is 2.14. The molecule has 6 nitrogen and oxygen atoms in total. The first kappa shape index (κ1) is 21.7. The molecule has 2 N–H and O–H groups in total. The number of ether oxygens (including phenoxy) is 1. The van der Waals surface area contributed by atoms with Crippen molar-refractivity contribution in [3.05, 3.63) is 64.7 Å². The van der Waals surface area contributed by atoms with E-state index in [0.29, 0.717) is 22.9 Å². The highest BCUT2D eigenvalue weighted by molar-refractivity contribution is 6.30. The van der Waals surface area contributed by atoms with Gasteiger partial charge in [-0.05, 0) is 50.8 Å². The van der Waals surface area contributed by atoms with E-state index in [1.165, 1.54) is 4.90 Å². The smallest absolute Gasteiger partial charge is 0.254 e. The molecule has 150 valence electrons. The molecule has 0 aliphatic carbocycles. The molecule has 28 heavy (non-hydrogen) atoms. The molecule has 0 fully saturated rings. The average molecular weight is 404 g/mol. The lowest BCUT2D eigenvalue weighted by Gasteiger charge is -2.23. The Morgan fingerprint density at radius 1 is 1.07 bits per heavy atom. The van der Waals surface area contributed by atoms with Gasteiger partial charge in [0, 0.05) is 22.7 Å². The van der Waals surface area contributed by atoms with Crippen LogP contribution in [0.5, 0.6) is 5.75 Å². The number of halogens is 1. The number of para-hydroxylation sites is 1. The zero-order valence-electron chi connectivity index (χ0n) is 16.2. The summed E-state index contributed by atoms with van der Waals surface area (Å²) in [4.78, 5) is 27.9. The number of primary amides is 1. The third kappa shape index (κ3) is 6.87. The topological polar surface area (TPSA) is 75.9 Å². The van der Waals surface area contributed by atoms with Gasteiger partial charge in [-0.25, -0.2) is 0 Å². The minimum atomic E-state index is -0.577. The largest absolute Gasteiger partial charge is 0.493 e. The summed E-state index contributed by atoms with van der Waals surface area (Å²) in [6, 6.07) is 14.0. The average Bonchev–Trinajstić information content (AvgIpc) is 2.65.